The molecule has 1 atom stereocenters. The van der Waals surface area contributed by atoms with Gasteiger partial charge in [0.05, 0.1) is 28.4 Å². The Labute approximate surface area is 180 Å². The van der Waals surface area contributed by atoms with Crippen molar-refractivity contribution in [2.24, 2.45) is 0 Å². The van der Waals surface area contributed by atoms with Crippen molar-refractivity contribution in [1.82, 2.24) is 14.9 Å². The molecule has 0 aliphatic rings. The fourth-order valence-electron chi connectivity index (χ4n) is 2.96. The molecule has 0 aliphatic heterocycles. The van der Waals surface area contributed by atoms with Gasteiger partial charge in [-0.15, -0.1) is 0 Å². The van der Waals surface area contributed by atoms with Crippen LogP contribution in [0.5, 0.6) is 5.75 Å². The fourth-order valence-corrected chi connectivity index (χ4v) is 3.89. The van der Waals surface area contributed by atoms with E-state index in [1.54, 1.807) is 10.6 Å². The minimum absolute atomic E-state index is 0.104. The van der Waals surface area contributed by atoms with Gasteiger partial charge < -0.3 is 10.1 Å². The molecule has 0 fully saturated rings. The number of nitrogens with one attached hydrogen (secondary N) is 1. The molecule has 2 aromatic carbocycles. The summed E-state index contributed by atoms with van der Waals surface area (Å²) in [7, 11) is 0. The monoisotopic (exact) mass is 425 g/mol. The Morgan fingerprint density at radius 3 is 2.47 bits per heavy atom. The molecule has 3 aromatic rings. The maximum Gasteiger partial charge on any atom is 0.266 e. The fraction of sp³-hybridized carbons (Fsp3) is 0.348. The zero-order valence-electron chi connectivity index (χ0n) is 17.9. The summed E-state index contributed by atoms with van der Waals surface area (Å²) >= 11 is 1.27. The van der Waals surface area contributed by atoms with E-state index in [0.29, 0.717) is 28.4 Å². The Balaban J connectivity index is 2.07. The van der Waals surface area contributed by atoms with Gasteiger partial charge in [-0.3, -0.25) is 14.2 Å². The normalized spacial score (nSPS) is 12.6. The lowest BCUT2D eigenvalue weighted by Crippen LogP contribution is -2.44. The van der Waals surface area contributed by atoms with E-state index in [-0.39, 0.29) is 17.0 Å². The number of ether oxygens (including phenoxy) is 1. The SMILES string of the molecule is CCOc1ccc(-n2c(S[C@H](C)C(=O)NC(C)(C)C)nc3ccccc3c2=O)cc1. The van der Waals surface area contributed by atoms with Crippen molar-refractivity contribution < 1.29 is 9.53 Å². The van der Waals surface area contributed by atoms with Crippen molar-refractivity contribution in [2.45, 2.75) is 50.6 Å². The van der Waals surface area contributed by atoms with Crippen LogP contribution in [-0.4, -0.2) is 32.9 Å². The van der Waals surface area contributed by atoms with Crippen LogP contribution in [0.3, 0.4) is 0 Å². The molecule has 0 spiro atoms. The highest BCUT2D eigenvalue weighted by atomic mass is 32.2. The average Bonchev–Trinajstić information content (AvgIpc) is 2.68. The highest BCUT2D eigenvalue weighted by Gasteiger charge is 2.23. The Morgan fingerprint density at radius 2 is 1.83 bits per heavy atom. The van der Waals surface area contributed by atoms with Crippen LogP contribution in [0.4, 0.5) is 0 Å². The van der Waals surface area contributed by atoms with Crippen molar-refractivity contribution >= 4 is 28.6 Å². The Kier molecular flexibility index (Phi) is 6.51. The van der Waals surface area contributed by atoms with Crippen LogP contribution in [0, 0.1) is 0 Å². The van der Waals surface area contributed by atoms with Crippen LogP contribution in [0.25, 0.3) is 16.6 Å². The maximum atomic E-state index is 13.3. The number of hydrogen-bond donors (Lipinski definition) is 1. The van der Waals surface area contributed by atoms with Gasteiger partial charge in [0.2, 0.25) is 5.91 Å². The molecule has 30 heavy (non-hydrogen) atoms. The number of hydrogen-bond acceptors (Lipinski definition) is 5. The molecule has 158 valence electrons. The first-order valence-corrected chi connectivity index (χ1v) is 10.8. The third-order valence-corrected chi connectivity index (χ3v) is 5.35. The summed E-state index contributed by atoms with van der Waals surface area (Å²) in [6.07, 6.45) is 0. The third kappa shape index (κ3) is 5.02. The summed E-state index contributed by atoms with van der Waals surface area (Å²) in [5.74, 6) is 0.628. The summed E-state index contributed by atoms with van der Waals surface area (Å²) in [6.45, 7) is 10.1. The predicted octanol–water partition coefficient (Wildman–Crippen LogP) is 4.18. The van der Waals surface area contributed by atoms with Gasteiger partial charge in [-0.1, -0.05) is 23.9 Å². The predicted molar refractivity (Wildman–Crippen MR) is 122 cm³/mol. The molecule has 6 nitrogen and oxygen atoms in total. The minimum Gasteiger partial charge on any atom is -0.494 e. The van der Waals surface area contributed by atoms with Crippen LogP contribution in [0.2, 0.25) is 0 Å². The summed E-state index contributed by atoms with van der Waals surface area (Å²) in [4.78, 5) is 30.6. The molecule has 3 rings (SSSR count). The first kappa shape index (κ1) is 21.9. The molecule has 0 radical (unpaired) electrons. The van der Waals surface area contributed by atoms with E-state index in [2.05, 4.69) is 5.32 Å². The largest absolute Gasteiger partial charge is 0.494 e. The Hall–Kier alpha value is -2.80. The van der Waals surface area contributed by atoms with Gasteiger partial charge in [0.15, 0.2) is 5.16 Å². The van der Waals surface area contributed by atoms with Gasteiger partial charge in [-0.2, -0.15) is 0 Å². The van der Waals surface area contributed by atoms with Crippen LogP contribution >= 0.6 is 11.8 Å². The molecule has 1 heterocycles. The van der Waals surface area contributed by atoms with Crippen molar-refractivity contribution in [3.8, 4) is 11.4 Å². The number of rotatable bonds is 6. The topological polar surface area (TPSA) is 73.2 Å². The van der Waals surface area contributed by atoms with Crippen LogP contribution in [0.1, 0.15) is 34.6 Å². The molecule has 0 aliphatic carbocycles. The highest BCUT2D eigenvalue weighted by Crippen LogP contribution is 2.26. The number of carbonyl (C=O) groups is 1. The zero-order chi connectivity index (χ0) is 21.9. The van der Waals surface area contributed by atoms with Crippen molar-refractivity contribution in [3.05, 3.63) is 58.9 Å². The average molecular weight is 426 g/mol. The van der Waals surface area contributed by atoms with Gasteiger partial charge in [-0.05, 0) is 71.0 Å². The quantitative estimate of drug-likeness (QED) is 0.474. The van der Waals surface area contributed by atoms with Crippen molar-refractivity contribution in [1.29, 1.82) is 0 Å². The number of amides is 1. The van der Waals surface area contributed by atoms with E-state index in [1.807, 2.05) is 77.1 Å². The second-order valence-electron chi connectivity index (χ2n) is 7.98. The minimum atomic E-state index is -0.425. The van der Waals surface area contributed by atoms with Crippen LogP contribution in [-0.2, 0) is 4.79 Å². The van der Waals surface area contributed by atoms with Gasteiger partial charge >= 0.3 is 0 Å². The summed E-state index contributed by atoms with van der Waals surface area (Å²) in [6, 6.07) is 14.5. The van der Waals surface area contributed by atoms with Gasteiger partial charge in [0.25, 0.3) is 5.56 Å². The number of aromatic nitrogens is 2. The van der Waals surface area contributed by atoms with E-state index < -0.39 is 5.25 Å². The first-order chi connectivity index (χ1) is 14.2. The molecule has 0 bridgehead atoms. The molecule has 0 saturated carbocycles. The van der Waals surface area contributed by atoms with Crippen LogP contribution < -0.4 is 15.6 Å². The number of benzene rings is 2. The summed E-state index contributed by atoms with van der Waals surface area (Å²) in [5.41, 5.74) is 0.774. The standard InChI is InChI=1S/C23H27N3O3S/c1-6-29-17-13-11-16(12-14-17)26-21(28)18-9-7-8-10-19(18)24-22(26)30-15(2)20(27)25-23(3,4)5/h7-15H,6H2,1-5H3,(H,25,27)/t15-/m1/s1. The number of fused-ring (bicyclic) bond motifs is 1. The van der Waals surface area contributed by atoms with Gasteiger partial charge in [0, 0.05) is 5.54 Å². The van der Waals surface area contributed by atoms with E-state index in [9.17, 15) is 9.59 Å². The van der Waals surface area contributed by atoms with Crippen LogP contribution in [0.15, 0.2) is 58.5 Å². The molecule has 1 N–H and O–H groups in total. The molecule has 0 saturated heterocycles. The van der Waals surface area contributed by atoms with E-state index in [1.165, 1.54) is 11.8 Å². The van der Waals surface area contributed by atoms with E-state index in [0.717, 1.165) is 5.75 Å². The highest BCUT2D eigenvalue weighted by molar-refractivity contribution is 8.00. The lowest BCUT2D eigenvalue weighted by Gasteiger charge is -2.23. The zero-order valence-corrected chi connectivity index (χ0v) is 18.7. The second kappa shape index (κ2) is 8.92. The van der Waals surface area contributed by atoms with Gasteiger partial charge in [-0.25, -0.2) is 4.98 Å². The molecular weight excluding hydrogens is 398 g/mol. The second-order valence-corrected chi connectivity index (χ2v) is 9.29. The summed E-state index contributed by atoms with van der Waals surface area (Å²) in [5, 5.41) is 3.56. The number of thioether (sulfide) groups is 1. The molecular formula is C23H27N3O3S. The number of para-hydroxylation sites is 1. The number of carbonyl (C=O) groups excluding carboxylic acids is 1. The lowest BCUT2D eigenvalue weighted by molar-refractivity contribution is -0.121. The van der Waals surface area contributed by atoms with E-state index in [4.69, 9.17) is 9.72 Å². The summed E-state index contributed by atoms with van der Waals surface area (Å²) < 4.78 is 7.07. The molecule has 7 heteroatoms. The Bertz CT molecular complexity index is 1100. The number of nitrogens with zero attached hydrogens (tertiary/aromatic N) is 2. The molecule has 1 amide bonds. The Morgan fingerprint density at radius 1 is 1.17 bits per heavy atom. The maximum absolute atomic E-state index is 13.3. The molecule has 1 aromatic heterocycles. The smallest absolute Gasteiger partial charge is 0.266 e. The first-order valence-electron chi connectivity index (χ1n) is 9.93. The van der Waals surface area contributed by atoms with Gasteiger partial charge in [0.1, 0.15) is 5.75 Å². The van der Waals surface area contributed by atoms with E-state index >= 15 is 0 Å². The van der Waals surface area contributed by atoms with Crippen molar-refractivity contribution in [3.63, 3.8) is 0 Å². The lowest BCUT2D eigenvalue weighted by atomic mass is 10.1. The molecule has 0 unspecified atom stereocenters. The van der Waals surface area contributed by atoms with Crippen molar-refractivity contribution in [2.75, 3.05) is 6.61 Å². The third-order valence-electron chi connectivity index (χ3n) is 4.30.